The van der Waals surface area contributed by atoms with Crippen molar-refractivity contribution in [2.24, 2.45) is 7.05 Å². The third kappa shape index (κ3) is 3.17. The summed E-state index contributed by atoms with van der Waals surface area (Å²) in [7, 11) is -1.04. The van der Waals surface area contributed by atoms with Gasteiger partial charge in [-0.2, -0.15) is 0 Å². The summed E-state index contributed by atoms with van der Waals surface area (Å²) in [5.74, 6) is -0.0493. The molecule has 1 unspecified atom stereocenters. The van der Waals surface area contributed by atoms with Crippen LogP contribution in [0.3, 0.4) is 0 Å². The average Bonchev–Trinajstić information content (AvgIpc) is 2.81. The van der Waals surface area contributed by atoms with Gasteiger partial charge in [0.1, 0.15) is 0 Å². The molecule has 0 aliphatic carbocycles. The lowest BCUT2D eigenvalue weighted by atomic mass is 10.1. The molecule has 0 radical (unpaired) electrons. The third-order valence-corrected chi connectivity index (χ3v) is 6.08. The number of aryl methyl sites for hydroxylation is 1. The van der Waals surface area contributed by atoms with Crippen molar-refractivity contribution in [1.82, 2.24) is 9.47 Å². The Morgan fingerprint density at radius 1 is 1.30 bits per heavy atom. The summed E-state index contributed by atoms with van der Waals surface area (Å²) < 4.78 is 25.2. The molecule has 1 aromatic heterocycles. The van der Waals surface area contributed by atoms with Gasteiger partial charge < -0.3 is 9.47 Å². The highest BCUT2D eigenvalue weighted by atomic mass is 32.2. The summed E-state index contributed by atoms with van der Waals surface area (Å²) in [5, 5.41) is 1.09. The van der Waals surface area contributed by atoms with Crippen molar-refractivity contribution < 1.29 is 13.2 Å². The molecule has 0 saturated carbocycles. The Morgan fingerprint density at radius 3 is 2.78 bits per heavy atom. The minimum absolute atomic E-state index is 0.0425. The first-order valence-corrected chi connectivity index (χ1v) is 9.43. The minimum atomic E-state index is -3.01. The second kappa shape index (κ2) is 5.85. The molecule has 5 nitrogen and oxygen atoms in total. The van der Waals surface area contributed by atoms with Gasteiger partial charge in [0.25, 0.3) is 0 Å². The Morgan fingerprint density at radius 2 is 2.04 bits per heavy atom. The number of hydrogen-bond donors (Lipinski definition) is 0. The van der Waals surface area contributed by atoms with Crippen molar-refractivity contribution in [3.05, 3.63) is 42.1 Å². The van der Waals surface area contributed by atoms with E-state index in [-0.39, 0.29) is 30.0 Å². The van der Waals surface area contributed by atoms with Crippen LogP contribution in [0, 0.1) is 0 Å². The fourth-order valence-electron chi connectivity index (χ4n) is 3.09. The molecular weight excluding hydrogens is 312 g/mol. The highest BCUT2D eigenvalue weighted by Crippen LogP contribution is 2.21. The zero-order chi connectivity index (χ0) is 16.6. The number of para-hydroxylation sites is 1. The second-order valence-electron chi connectivity index (χ2n) is 6.04. The first-order chi connectivity index (χ1) is 10.9. The molecule has 1 saturated heterocycles. The molecule has 2 heterocycles. The molecule has 23 heavy (non-hydrogen) atoms. The van der Waals surface area contributed by atoms with Gasteiger partial charge in [-0.05, 0) is 19.1 Å². The third-order valence-electron chi connectivity index (χ3n) is 4.29. The van der Waals surface area contributed by atoms with E-state index in [0.717, 1.165) is 16.5 Å². The van der Waals surface area contributed by atoms with Crippen molar-refractivity contribution in [3.8, 4) is 0 Å². The maximum atomic E-state index is 12.4. The van der Waals surface area contributed by atoms with E-state index in [4.69, 9.17) is 0 Å². The van der Waals surface area contributed by atoms with E-state index < -0.39 is 9.84 Å². The number of carbonyl (C=O) groups excluding carboxylic acids is 1. The monoisotopic (exact) mass is 332 g/mol. The van der Waals surface area contributed by atoms with E-state index in [1.807, 2.05) is 42.1 Å². The van der Waals surface area contributed by atoms with E-state index in [1.54, 1.807) is 17.9 Å². The zero-order valence-corrected chi connectivity index (χ0v) is 14.1. The first-order valence-electron chi connectivity index (χ1n) is 7.60. The normalized spacial score (nSPS) is 21.1. The van der Waals surface area contributed by atoms with Gasteiger partial charge in [0, 0.05) is 48.4 Å². The summed E-state index contributed by atoms with van der Waals surface area (Å²) in [6.45, 7) is 2.04. The molecule has 1 amide bonds. The van der Waals surface area contributed by atoms with Crippen LogP contribution >= 0.6 is 0 Å². The van der Waals surface area contributed by atoms with E-state index in [1.165, 1.54) is 6.08 Å². The SMILES string of the molecule is CC1CS(=O)(=O)CCN1C(=O)C=Cc1cn(C)c2ccccc12. The van der Waals surface area contributed by atoms with Crippen LogP contribution in [0.5, 0.6) is 0 Å². The molecule has 1 atom stereocenters. The fraction of sp³-hybridized carbons (Fsp3) is 0.353. The van der Waals surface area contributed by atoms with E-state index >= 15 is 0 Å². The fourth-order valence-corrected chi connectivity index (χ4v) is 4.65. The minimum Gasteiger partial charge on any atom is -0.350 e. The number of aromatic nitrogens is 1. The van der Waals surface area contributed by atoms with Gasteiger partial charge >= 0.3 is 0 Å². The molecule has 0 N–H and O–H groups in total. The van der Waals surface area contributed by atoms with Crippen LogP contribution in [-0.2, 0) is 21.7 Å². The Balaban J connectivity index is 1.81. The van der Waals surface area contributed by atoms with Crippen LogP contribution in [-0.4, -0.2) is 47.9 Å². The van der Waals surface area contributed by atoms with Gasteiger partial charge in [0.05, 0.1) is 11.5 Å². The van der Waals surface area contributed by atoms with Gasteiger partial charge in [0.2, 0.25) is 5.91 Å². The summed E-state index contributed by atoms with van der Waals surface area (Å²) in [4.78, 5) is 14.0. The predicted molar refractivity (Wildman–Crippen MR) is 91.8 cm³/mol. The van der Waals surface area contributed by atoms with Crippen LogP contribution < -0.4 is 0 Å². The largest absolute Gasteiger partial charge is 0.350 e. The van der Waals surface area contributed by atoms with E-state index in [0.29, 0.717) is 0 Å². The topological polar surface area (TPSA) is 59.4 Å². The molecule has 122 valence electrons. The van der Waals surface area contributed by atoms with Gasteiger partial charge in [-0.25, -0.2) is 8.42 Å². The lowest BCUT2D eigenvalue weighted by Gasteiger charge is -2.32. The molecule has 3 rings (SSSR count). The molecule has 6 heteroatoms. The van der Waals surface area contributed by atoms with Gasteiger partial charge in [-0.3, -0.25) is 4.79 Å². The Kier molecular flexibility index (Phi) is 4.02. The molecule has 1 aliphatic heterocycles. The number of hydrogen-bond acceptors (Lipinski definition) is 3. The molecule has 0 spiro atoms. The smallest absolute Gasteiger partial charge is 0.246 e. The lowest BCUT2D eigenvalue weighted by molar-refractivity contribution is -0.127. The molecule has 0 bridgehead atoms. The van der Waals surface area contributed by atoms with Crippen LogP contribution in [0.4, 0.5) is 0 Å². The van der Waals surface area contributed by atoms with Crippen LogP contribution in [0.1, 0.15) is 12.5 Å². The lowest BCUT2D eigenvalue weighted by Crippen LogP contribution is -2.49. The zero-order valence-electron chi connectivity index (χ0n) is 13.3. The van der Waals surface area contributed by atoms with E-state index in [9.17, 15) is 13.2 Å². The summed E-state index contributed by atoms with van der Waals surface area (Å²) >= 11 is 0. The van der Waals surface area contributed by atoms with Crippen LogP contribution in [0.2, 0.25) is 0 Å². The molecule has 1 fully saturated rings. The Hall–Kier alpha value is -2.08. The maximum absolute atomic E-state index is 12.4. The number of amides is 1. The summed E-state index contributed by atoms with van der Waals surface area (Å²) in [6.07, 6.45) is 5.33. The van der Waals surface area contributed by atoms with Gasteiger partial charge in [-0.1, -0.05) is 18.2 Å². The number of nitrogens with zero attached hydrogens (tertiary/aromatic N) is 2. The standard InChI is InChI=1S/C17H20N2O3S/c1-13-12-23(21,22)10-9-19(13)17(20)8-7-14-11-18(2)16-6-4-3-5-15(14)16/h3-8,11,13H,9-10,12H2,1-2H3. The maximum Gasteiger partial charge on any atom is 0.246 e. The van der Waals surface area contributed by atoms with E-state index in [2.05, 4.69) is 0 Å². The summed E-state index contributed by atoms with van der Waals surface area (Å²) in [5.41, 5.74) is 2.09. The van der Waals surface area contributed by atoms with Crippen molar-refractivity contribution in [2.75, 3.05) is 18.1 Å². The summed E-state index contributed by atoms with van der Waals surface area (Å²) in [6, 6.07) is 7.73. The van der Waals surface area contributed by atoms with Crippen molar-refractivity contribution in [3.63, 3.8) is 0 Å². The highest BCUT2D eigenvalue weighted by Gasteiger charge is 2.30. The number of rotatable bonds is 2. The number of benzene rings is 1. The van der Waals surface area contributed by atoms with Gasteiger partial charge in [-0.15, -0.1) is 0 Å². The van der Waals surface area contributed by atoms with Crippen LogP contribution in [0.25, 0.3) is 17.0 Å². The quantitative estimate of drug-likeness (QED) is 0.789. The molecule has 2 aromatic rings. The predicted octanol–water partition coefficient (Wildman–Crippen LogP) is 1.84. The Bertz CT molecular complexity index is 880. The second-order valence-corrected chi connectivity index (χ2v) is 8.27. The highest BCUT2D eigenvalue weighted by molar-refractivity contribution is 7.91. The average molecular weight is 332 g/mol. The van der Waals surface area contributed by atoms with Crippen molar-refractivity contribution >= 4 is 32.7 Å². The van der Waals surface area contributed by atoms with Crippen molar-refractivity contribution in [2.45, 2.75) is 13.0 Å². The first kappa shape index (κ1) is 15.8. The number of carbonyl (C=O) groups is 1. The van der Waals surface area contributed by atoms with Gasteiger partial charge in [0.15, 0.2) is 9.84 Å². The number of fused-ring (bicyclic) bond motifs is 1. The molecule has 1 aliphatic rings. The Labute approximate surface area is 136 Å². The van der Waals surface area contributed by atoms with Crippen LogP contribution in [0.15, 0.2) is 36.5 Å². The number of sulfone groups is 1. The molecular formula is C17H20N2O3S. The molecule has 1 aromatic carbocycles. The van der Waals surface area contributed by atoms with Crippen molar-refractivity contribution in [1.29, 1.82) is 0 Å².